The number of nitrogens with one attached hydrogen (secondary N) is 1. The van der Waals surface area contributed by atoms with Crippen LogP contribution in [-0.4, -0.2) is 22.4 Å². The summed E-state index contributed by atoms with van der Waals surface area (Å²) < 4.78 is 21.0. The van der Waals surface area contributed by atoms with E-state index in [1.165, 1.54) is 19.2 Å². The molecule has 0 bridgehead atoms. The number of amides is 1. The molecule has 0 unspecified atom stereocenters. The summed E-state index contributed by atoms with van der Waals surface area (Å²) in [7, 11) is 1.44. The van der Waals surface area contributed by atoms with E-state index in [0.29, 0.717) is 22.9 Å². The lowest BCUT2D eigenvalue weighted by Gasteiger charge is -2.09. The molecule has 27 heavy (non-hydrogen) atoms. The quantitative estimate of drug-likeness (QED) is 0.586. The first kappa shape index (κ1) is 16.8. The second kappa shape index (κ2) is 6.92. The first-order valence-corrected chi connectivity index (χ1v) is 8.35. The van der Waals surface area contributed by atoms with E-state index in [0.717, 1.165) is 5.56 Å². The van der Waals surface area contributed by atoms with Gasteiger partial charge in [0, 0.05) is 17.8 Å². The minimum atomic E-state index is -0.651. The first-order chi connectivity index (χ1) is 13.2. The summed E-state index contributed by atoms with van der Waals surface area (Å²) in [5, 5.41) is 2.81. The summed E-state index contributed by atoms with van der Waals surface area (Å²) in [4.78, 5) is 17.3. The van der Waals surface area contributed by atoms with E-state index in [9.17, 15) is 9.18 Å². The Bertz CT molecular complexity index is 1120. The lowest BCUT2D eigenvalue weighted by molar-refractivity contribution is 0.102. The molecule has 0 aliphatic rings. The van der Waals surface area contributed by atoms with Gasteiger partial charge in [-0.2, -0.15) is 0 Å². The number of aromatic nitrogens is 2. The van der Waals surface area contributed by atoms with Crippen LogP contribution in [0.3, 0.4) is 0 Å². The third kappa shape index (κ3) is 3.13. The fourth-order valence-electron chi connectivity index (χ4n) is 2.89. The minimum Gasteiger partial charge on any atom is -0.497 e. The highest BCUT2D eigenvalue weighted by molar-refractivity contribution is 6.06. The molecule has 2 heterocycles. The molecule has 5 nitrogen and oxygen atoms in total. The number of imidazole rings is 1. The van der Waals surface area contributed by atoms with Crippen LogP contribution in [0.2, 0.25) is 0 Å². The van der Waals surface area contributed by atoms with Gasteiger partial charge in [-0.3, -0.25) is 9.20 Å². The van der Waals surface area contributed by atoms with E-state index in [1.807, 2.05) is 48.5 Å². The van der Waals surface area contributed by atoms with Crippen molar-refractivity contribution >= 4 is 17.4 Å². The summed E-state index contributed by atoms with van der Waals surface area (Å²) >= 11 is 0. The fraction of sp³-hybridized carbons (Fsp3) is 0.0476. The topological polar surface area (TPSA) is 55.6 Å². The van der Waals surface area contributed by atoms with Crippen LogP contribution in [0.25, 0.3) is 16.9 Å². The van der Waals surface area contributed by atoms with Gasteiger partial charge in [0.25, 0.3) is 5.91 Å². The zero-order chi connectivity index (χ0) is 18.8. The second-order valence-corrected chi connectivity index (χ2v) is 5.90. The van der Waals surface area contributed by atoms with Crippen LogP contribution in [0.4, 0.5) is 10.2 Å². The Balaban J connectivity index is 1.78. The molecule has 0 aliphatic carbocycles. The Kier molecular flexibility index (Phi) is 4.30. The molecular weight excluding hydrogens is 345 g/mol. The third-order valence-electron chi connectivity index (χ3n) is 4.23. The van der Waals surface area contributed by atoms with Gasteiger partial charge in [0.2, 0.25) is 0 Å². The molecule has 4 rings (SSSR count). The molecule has 2 aromatic heterocycles. The predicted octanol–water partition coefficient (Wildman–Crippen LogP) is 4.40. The normalized spacial score (nSPS) is 10.7. The zero-order valence-electron chi connectivity index (χ0n) is 14.5. The molecule has 0 atom stereocenters. The van der Waals surface area contributed by atoms with Crippen LogP contribution in [0.15, 0.2) is 72.9 Å². The Morgan fingerprint density at radius 1 is 1.07 bits per heavy atom. The van der Waals surface area contributed by atoms with Crippen LogP contribution in [0.1, 0.15) is 10.4 Å². The van der Waals surface area contributed by atoms with Crippen molar-refractivity contribution in [2.24, 2.45) is 0 Å². The third-order valence-corrected chi connectivity index (χ3v) is 4.23. The molecule has 2 aromatic carbocycles. The number of fused-ring (bicyclic) bond motifs is 1. The number of hydrogen-bond donors (Lipinski definition) is 1. The molecule has 0 spiro atoms. The zero-order valence-corrected chi connectivity index (χ0v) is 14.5. The highest BCUT2D eigenvalue weighted by Gasteiger charge is 2.19. The monoisotopic (exact) mass is 361 g/mol. The Morgan fingerprint density at radius 2 is 1.85 bits per heavy atom. The van der Waals surface area contributed by atoms with Gasteiger partial charge in [-0.1, -0.05) is 36.4 Å². The molecule has 134 valence electrons. The molecule has 0 saturated heterocycles. The van der Waals surface area contributed by atoms with Gasteiger partial charge in [-0.25, -0.2) is 9.37 Å². The van der Waals surface area contributed by atoms with Gasteiger partial charge in [0.15, 0.2) is 0 Å². The molecule has 0 saturated carbocycles. The number of ether oxygens (including phenoxy) is 1. The number of benzene rings is 2. The van der Waals surface area contributed by atoms with Crippen LogP contribution in [0, 0.1) is 5.82 Å². The predicted molar refractivity (Wildman–Crippen MR) is 102 cm³/mol. The maximum Gasteiger partial charge on any atom is 0.259 e. The lowest BCUT2D eigenvalue weighted by Crippen LogP contribution is -2.15. The van der Waals surface area contributed by atoms with Crippen molar-refractivity contribution in [3.8, 4) is 17.0 Å². The summed E-state index contributed by atoms with van der Waals surface area (Å²) in [5.74, 6) is -0.374. The summed E-state index contributed by atoms with van der Waals surface area (Å²) in [6.45, 7) is 0. The number of nitrogens with zero attached hydrogens (tertiary/aromatic N) is 2. The molecular formula is C21H16FN3O2. The van der Waals surface area contributed by atoms with Gasteiger partial charge in [-0.05, 0) is 24.3 Å². The maximum absolute atomic E-state index is 14.3. The van der Waals surface area contributed by atoms with Crippen molar-refractivity contribution < 1.29 is 13.9 Å². The van der Waals surface area contributed by atoms with Gasteiger partial charge < -0.3 is 10.1 Å². The molecule has 0 radical (unpaired) electrons. The number of pyridine rings is 1. The van der Waals surface area contributed by atoms with Gasteiger partial charge in [0.05, 0.1) is 12.7 Å². The number of carbonyl (C=O) groups excluding carboxylic acids is 1. The number of methoxy groups -OCH3 is 1. The average Bonchev–Trinajstić information content (AvgIpc) is 3.07. The molecule has 1 amide bonds. The van der Waals surface area contributed by atoms with Crippen molar-refractivity contribution in [3.05, 3.63) is 84.3 Å². The Hall–Kier alpha value is -3.67. The van der Waals surface area contributed by atoms with Gasteiger partial charge in [-0.15, -0.1) is 0 Å². The minimum absolute atomic E-state index is 0.0688. The first-order valence-electron chi connectivity index (χ1n) is 8.35. The summed E-state index contributed by atoms with van der Waals surface area (Å²) in [5.41, 5.74) is 2.08. The van der Waals surface area contributed by atoms with E-state index in [1.54, 1.807) is 16.7 Å². The Labute approximate surface area is 155 Å². The SMILES string of the molecule is COc1ccc(C(=O)Nc2c(-c3ccccc3)nc3ccccn23)c(F)c1. The van der Waals surface area contributed by atoms with E-state index in [4.69, 9.17) is 4.74 Å². The summed E-state index contributed by atoms with van der Waals surface area (Å²) in [6.07, 6.45) is 1.80. The lowest BCUT2D eigenvalue weighted by atomic mass is 10.1. The smallest absolute Gasteiger partial charge is 0.259 e. The second-order valence-electron chi connectivity index (χ2n) is 5.90. The van der Waals surface area contributed by atoms with Crippen molar-refractivity contribution in [1.29, 1.82) is 0 Å². The van der Waals surface area contributed by atoms with E-state index in [-0.39, 0.29) is 5.56 Å². The van der Waals surface area contributed by atoms with E-state index >= 15 is 0 Å². The molecule has 0 fully saturated rings. The molecule has 4 aromatic rings. The van der Waals surface area contributed by atoms with Crippen LogP contribution >= 0.6 is 0 Å². The number of halogens is 1. The van der Waals surface area contributed by atoms with Crippen molar-refractivity contribution in [2.75, 3.05) is 12.4 Å². The van der Waals surface area contributed by atoms with Crippen molar-refractivity contribution in [3.63, 3.8) is 0 Å². The number of hydrogen-bond acceptors (Lipinski definition) is 3. The van der Waals surface area contributed by atoms with Gasteiger partial charge >= 0.3 is 0 Å². The number of anilines is 1. The van der Waals surface area contributed by atoms with Crippen molar-refractivity contribution in [2.45, 2.75) is 0 Å². The maximum atomic E-state index is 14.3. The van der Waals surface area contributed by atoms with Crippen LogP contribution < -0.4 is 10.1 Å². The van der Waals surface area contributed by atoms with Gasteiger partial charge in [0.1, 0.15) is 28.7 Å². The number of carbonyl (C=O) groups is 1. The summed E-state index contributed by atoms with van der Waals surface area (Å²) in [6, 6.07) is 19.2. The fourth-order valence-corrected chi connectivity index (χ4v) is 2.89. The highest BCUT2D eigenvalue weighted by Crippen LogP contribution is 2.29. The Morgan fingerprint density at radius 3 is 2.59 bits per heavy atom. The van der Waals surface area contributed by atoms with E-state index in [2.05, 4.69) is 10.3 Å². The van der Waals surface area contributed by atoms with E-state index < -0.39 is 11.7 Å². The number of rotatable bonds is 4. The van der Waals surface area contributed by atoms with Crippen LogP contribution in [0.5, 0.6) is 5.75 Å². The average molecular weight is 361 g/mol. The molecule has 0 aliphatic heterocycles. The van der Waals surface area contributed by atoms with Crippen LogP contribution in [-0.2, 0) is 0 Å². The standard InChI is InChI=1S/C21H16FN3O2/c1-27-15-10-11-16(17(22)13-15)21(26)24-20-19(14-7-3-2-4-8-14)23-18-9-5-6-12-25(18)20/h2-13H,1H3,(H,24,26). The van der Waals surface area contributed by atoms with Crippen molar-refractivity contribution in [1.82, 2.24) is 9.38 Å². The molecule has 6 heteroatoms. The largest absolute Gasteiger partial charge is 0.497 e. The highest BCUT2D eigenvalue weighted by atomic mass is 19.1. The molecule has 1 N–H and O–H groups in total.